The SMILES string of the molecule is Cc1ccccc1-n1c(C2CCCS2)nc2cccnc21. The Morgan fingerprint density at radius 2 is 2.10 bits per heavy atom. The van der Waals surface area contributed by atoms with E-state index in [2.05, 4.69) is 46.8 Å². The minimum absolute atomic E-state index is 0.485. The molecule has 21 heavy (non-hydrogen) atoms. The number of pyridine rings is 1. The predicted molar refractivity (Wildman–Crippen MR) is 88.0 cm³/mol. The van der Waals surface area contributed by atoms with Crippen molar-refractivity contribution in [2.45, 2.75) is 25.0 Å². The number of hydrogen-bond donors (Lipinski definition) is 0. The van der Waals surface area contributed by atoms with Gasteiger partial charge in [-0.2, -0.15) is 11.8 Å². The van der Waals surface area contributed by atoms with E-state index >= 15 is 0 Å². The van der Waals surface area contributed by atoms with Crippen LogP contribution in [0.1, 0.15) is 29.5 Å². The Labute approximate surface area is 128 Å². The Bertz CT molecular complexity index is 788. The van der Waals surface area contributed by atoms with E-state index in [-0.39, 0.29) is 0 Å². The zero-order valence-electron chi connectivity index (χ0n) is 12.0. The van der Waals surface area contributed by atoms with Crippen LogP contribution in [-0.2, 0) is 0 Å². The Hall–Kier alpha value is -1.81. The molecule has 0 radical (unpaired) electrons. The van der Waals surface area contributed by atoms with E-state index in [9.17, 15) is 0 Å². The third-order valence-corrected chi connectivity index (χ3v) is 5.39. The fourth-order valence-electron chi connectivity index (χ4n) is 2.98. The number of fused-ring (bicyclic) bond motifs is 1. The van der Waals surface area contributed by atoms with Crippen LogP contribution in [0.25, 0.3) is 16.9 Å². The van der Waals surface area contributed by atoms with Crippen molar-refractivity contribution >= 4 is 22.9 Å². The predicted octanol–water partition coefficient (Wildman–Crippen LogP) is 4.30. The second-order valence-corrected chi connectivity index (χ2v) is 6.75. The van der Waals surface area contributed by atoms with E-state index in [0.717, 1.165) is 17.0 Å². The summed E-state index contributed by atoms with van der Waals surface area (Å²) in [6.07, 6.45) is 4.34. The average Bonchev–Trinajstić information content (AvgIpc) is 3.15. The van der Waals surface area contributed by atoms with E-state index in [1.807, 2.05) is 24.0 Å². The molecule has 4 heteroatoms. The van der Waals surface area contributed by atoms with Crippen molar-refractivity contribution in [3.8, 4) is 5.69 Å². The summed E-state index contributed by atoms with van der Waals surface area (Å²) in [6, 6.07) is 12.5. The molecule has 1 aromatic carbocycles. The molecule has 2 aromatic heterocycles. The van der Waals surface area contributed by atoms with Gasteiger partial charge in [-0.15, -0.1) is 0 Å². The van der Waals surface area contributed by atoms with Crippen molar-refractivity contribution in [3.05, 3.63) is 54.0 Å². The van der Waals surface area contributed by atoms with E-state index in [0.29, 0.717) is 5.25 Å². The molecule has 1 atom stereocenters. The number of rotatable bonds is 2. The van der Waals surface area contributed by atoms with Crippen molar-refractivity contribution in [3.63, 3.8) is 0 Å². The summed E-state index contributed by atoms with van der Waals surface area (Å²) in [5.74, 6) is 2.38. The van der Waals surface area contributed by atoms with Crippen LogP contribution in [0.2, 0.25) is 0 Å². The molecule has 1 aliphatic heterocycles. The zero-order valence-corrected chi connectivity index (χ0v) is 12.8. The van der Waals surface area contributed by atoms with Gasteiger partial charge in [0.05, 0.1) is 10.9 Å². The number of benzene rings is 1. The highest BCUT2D eigenvalue weighted by Crippen LogP contribution is 2.41. The molecular formula is C17H17N3S. The molecule has 0 saturated carbocycles. The maximum Gasteiger partial charge on any atom is 0.164 e. The summed E-state index contributed by atoms with van der Waals surface area (Å²) >= 11 is 2.01. The molecule has 1 unspecified atom stereocenters. The fourth-order valence-corrected chi connectivity index (χ4v) is 4.24. The first-order valence-electron chi connectivity index (χ1n) is 7.35. The van der Waals surface area contributed by atoms with Crippen LogP contribution in [0.15, 0.2) is 42.6 Å². The molecule has 0 bridgehead atoms. The van der Waals surface area contributed by atoms with E-state index < -0.39 is 0 Å². The molecule has 106 valence electrons. The normalized spacial score (nSPS) is 18.4. The maximum absolute atomic E-state index is 4.89. The van der Waals surface area contributed by atoms with Crippen LogP contribution in [0.5, 0.6) is 0 Å². The second-order valence-electron chi connectivity index (χ2n) is 5.44. The van der Waals surface area contributed by atoms with Gasteiger partial charge in [-0.3, -0.25) is 4.57 Å². The molecule has 3 heterocycles. The molecular weight excluding hydrogens is 278 g/mol. The lowest BCUT2D eigenvalue weighted by atomic mass is 10.2. The second kappa shape index (κ2) is 5.19. The van der Waals surface area contributed by atoms with Gasteiger partial charge in [0.15, 0.2) is 5.65 Å². The first-order valence-corrected chi connectivity index (χ1v) is 8.40. The highest BCUT2D eigenvalue weighted by molar-refractivity contribution is 7.99. The standard InChI is InChI=1S/C17H17N3S/c1-12-6-2-3-8-14(12)20-16-13(7-4-10-18-16)19-17(20)15-9-5-11-21-15/h2-4,6-8,10,15H,5,9,11H2,1H3. The lowest BCUT2D eigenvalue weighted by molar-refractivity contribution is 0.764. The molecule has 3 nitrogen and oxygen atoms in total. The van der Waals surface area contributed by atoms with Crippen LogP contribution < -0.4 is 0 Å². The number of thioether (sulfide) groups is 1. The van der Waals surface area contributed by atoms with E-state index in [1.165, 1.54) is 29.8 Å². The summed E-state index contributed by atoms with van der Waals surface area (Å²) in [5, 5.41) is 0.485. The fraction of sp³-hybridized carbons (Fsp3) is 0.294. The summed E-state index contributed by atoms with van der Waals surface area (Å²) in [6.45, 7) is 2.15. The van der Waals surface area contributed by atoms with Gasteiger partial charge in [0.25, 0.3) is 0 Å². The van der Waals surface area contributed by atoms with Gasteiger partial charge in [0.2, 0.25) is 0 Å². The van der Waals surface area contributed by atoms with E-state index in [1.54, 1.807) is 0 Å². The van der Waals surface area contributed by atoms with Crippen molar-refractivity contribution in [1.82, 2.24) is 14.5 Å². The summed E-state index contributed by atoms with van der Waals surface area (Å²) in [4.78, 5) is 9.47. The van der Waals surface area contributed by atoms with Crippen LogP contribution in [0.4, 0.5) is 0 Å². The van der Waals surface area contributed by atoms with Crippen LogP contribution in [0.3, 0.4) is 0 Å². The molecule has 3 aromatic rings. The average molecular weight is 295 g/mol. The summed E-state index contributed by atoms with van der Waals surface area (Å²) in [7, 11) is 0. The minimum Gasteiger partial charge on any atom is -0.280 e. The van der Waals surface area contributed by atoms with Gasteiger partial charge < -0.3 is 0 Å². The summed E-state index contributed by atoms with van der Waals surface area (Å²) in [5.41, 5.74) is 4.41. The number of nitrogens with zero attached hydrogens (tertiary/aromatic N) is 3. The molecule has 1 saturated heterocycles. The largest absolute Gasteiger partial charge is 0.280 e. The first kappa shape index (κ1) is 12.9. The van der Waals surface area contributed by atoms with Crippen molar-refractivity contribution < 1.29 is 0 Å². The third-order valence-electron chi connectivity index (χ3n) is 4.02. The van der Waals surface area contributed by atoms with Gasteiger partial charge in [-0.25, -0.2) is 9.97 Å². The quantitative estimate of drug-likeness (QED) is 0.706. The maximum atomic E-state index is 4.89. The molecule has 0 aliphatic carbocycles. The highest BCUT2D eigenvalue weighted by Gasteiger charge is 2.25. The van der Waals surface area contributed by atoms with Gasteiger partial charge in [0.1, 0.15) is 11.3 Å². The van der Waals surface area contributed by atoms with Crippen molar-refractivity contribution in [2.75, 3.05) is 5.75 Å². The number of aromatic nitrogens is 3. The molecule has 0 spiro atoms. The monoisotopic (exact) mass is 295 g/mol. The third kappa shape index (κ3) is 2.14. The van der Waals surface area contributed by atoms with Crippen LogP contribution in [0, 0.1) is 6.92 Å². The Balaban J connectivity index is 2.00. The Kier molecular flexibility index (Phi) is 3.19. The molecule has 1 aliphatic rings. The molecule has 1 fully saturated rings. The minimum atomic E-state index is 0.485. The Morgan fingerprint density at radius 1 is 1.19 bits per heavy atom. The summed E-state index contributed by atoms with van der Waals surface area (Å²) < 4.78 is 2.26. The van der Waals surface area contributed by atoms with Crippen LogP contribution >= 0.6 is 11.8 Å². The van der Waals surface area contributed by atoms with Gasteiger partial charge >= 0.3 is 0 Å². The number of aryl methyl sites for hydroxylation is 1. The van der Waals surface area contributed by atoms with Crippen molar-refractivity contribution in [2.24, 2.45) is 0 Å². The Morgan fingerprint density at radius 3 is 2.90 bits per heavy atom. The molecule has 0 N–H and O–H groups in total. The van der Waals surface area contributed by atoms with Gasteiger partial charge in [-0.05, 0) is 49.3 Å². The zero-order chi connectivity index (χ0) is 14.2. The van der Waals surface area contributed by atoms with Crippen molar-refractivity contribution in [1.29, 1.82) is 0 Å². The lowest BCUT2D eigenvalue weighted by Gasteiger charge is -2.14. The topological polar surface area (TPSA) is 30.7 Å². The first-order chi connectivity index (χ1) is 10.3. The van der Waals surface area contributed by atoms with E-state index in [4.69, 9.17) is 4.98 Å². The molecule has 0 amide bonds. The number of para-hydroxylation sites is 1. The molecule has 4 rings (SSSR count). The van der Waals surface area contributed by atoms with Crippen LogP contribution in [-0.4, -0.2) is 20.3 Å². The number of imidazole rings is 1. The highest BCUT2D eigenvalue weighted by atomic mass is 32.2. The lowest BCUT2D eigenvalue weighted by Crippen LogP contribution is -2.05. The smallest absolute Gasteiger partial charge is 0.164 e. The van der Waals surface area contributed by atoms with Gasteiger partial charge in [-0.1, -0.05) is 18.2 Å². The number of hydrogen-bond acceptors (Lipinski definition) is 3. The van der Waals surface area contributed by atoms with Gasteiger partial charge in [0, 0.05) is 6.20 Å².